The highest BCUT2D eigenvalue weighted by Gasteiger charge is 2.31. The van der Waals surface area contributed by atoms with Crippen molar-refractivity contribution in [3.8, 4) is 0 Å². The lowest BCUT2D eigenvalue weighted by Gasteiger charge is -2.21. The van der Waals surface area contributed by atoms with Gasteiger partial charge in [0.25, 0.3) is 0 Å². The van der Waals surface area contributed by atoms with Crippen LogP contribution in [0.3, 0.4) is 0 Å². The van der Waals surface area contributed by atoms with Gasteiger partial charge in [-0.3, -0.25) is 4.99 Å². The Morgan fingerprint density at radius 3 is 2.83 bits per heavy atom. The van der Waals surface area contributed by atoms with Gasteiger partial charge in [-0.05, 0) is 11.8 Å². The van der Waals surface area contributed by atoms with Crippen LogP contribution in [0.2, 0.25) is 0 Å². The highest BCUT2D eigenvalue weighted by atomic mass is 15.3. The molecule has 0 aliphatic carbocycles. The molecule has 1 saturated heterocycles. The van der Waals surface area contributed by atoms with Crippen molar-refractivity contribution in [3.05, 3.63) is 0 Å². The van der Waals surface area contributed by atoms with Gasteiger partial charge in [0.05, 0.1) is 6.54 Å². The average molecular weight is 167 g/mol. The standard InChI is InChI=1S/C9H17N3/c1-9(2)3-6-12(7-9)8-10-4-5-11-8/h3-7H2,1-2H3,(H,10,11). The van der Waals surface area contributed by atoms with E-state index in [2.05, 4.69) is 29.1 Å². The van der Waals surface area contributed by atoms with Crippen molar-refractivity contribution >= 4 is 5.96 Å². The molecule has 68 valence electrons. The van der Waals surface area contributed by atoms with Crippen LogP contribution in [0.15, 0.2) is 4.99 Å². The summed E-state index contributed by atoms with van der Waals surface area (Å²) in [5.74, 6) is 1.13. The number of aliphatic imine (C=N–C) groups is 1. The molecular formula is C9H17N3. The van der Waals surface area contributed by atoms with Gasteiger partial charge >= 0.3 is 0 Å². The van der Waals surface area contributed by atoms with Crippen LogP contribution in [0.1, 0.15) is 20.3 Å². The van der Waals surface area contributed by atoms with E-state index in [4.69, 9.17) is 0 Å². The van der Waals surface area contributed by atoms with E-state index in [-0.39, 0.29) is 0 Å². The number of rotatable bonds is 0. The van der Waals surface area contributed by atoms with Gasteiger partial charge in [-0.25, -0.2) is 0 Å². The van der Waals surface area contributed by atoms with Crippen LogP contribution in [0, 0.1) is 5.41 Å². The maximum absolute atomic E-state index is 4.41. The van der Waals surface area contributed by atoms with E-state index in [0.29, 0.717) is 5.41 Å². The fourth-order valence-electron chi connectivity index (χ4n) is 1.89. The van der Waals surface area contributed by atoms with Crippen molar-refractivity contribution in [1.82, 2.24) is 10.2 Å². The van der Waals surface area contributed by atoms with Crippen molar-refractivity contribution in [2.75, 3.05) is 26.2 Å². The first-order valence-electron chi connectivity index (χ1n) is 4.71. The number of nitrogens with one attached hydrogen (secondary N) is 1. The molecule has 0 amide bonds. The summed E-state index contributed by atoms with van der Waals surface area (Å²) in [7, 11) is 0. The Kier molecular flexibility index (Phi) is 1.74. The quantitative estimate of drug-likeness (QED) is 0.574. The van der Waals surface area contributed by atoms with E-state index in [1.54, 1.807) is 0 Å². The molecular weight excluding hydrogens is 150 g/mol. The van der Waals surface area contributed by atoms with Gasteiger partial charge in [-0.1, -0.05) is 13.8 Å². The van der Waals surface area contributed by atoms with E-state index < -0.39 is 0 Å². The molecule has 0 aromatic rings. The predicted octanol–water partition coefficient (Wildman–Crippen LogP) is 0.677. The molecule has 0 saturated carbocycles. The van der Waals surface area contributed by atoms with E-state index >= 15 is 0 Å². The summed E-state index contributed by atoms with van der Waals surface area (Å²) in [5.41, 5.74) is 0.479. The van der Waals surface area contributed by atoms with Crippen LogP contribution >= 0.6 is 0 Å². The van der Waals surface area contributed by atoms with Gasteiger partial charge in [0.1, 0.15) is 0 Å². The first kappa shape index (κ1) is 7.90. The molecule has 1 N–H and O–H groups in total. The van der Waals surface area contributed by atoms with Gasteiger partial charge in [-0.15, -0.1) is 0 Å². The molecule has 0 atom stereocenters. The second-order valence-electron chi connectivity index (χ2n) is 4.47. The zero-order valence-electron chi connectivity index (χ0n) is 7.93. The van der Waals surface area contributed by atoms with E-state index in [1.165, 1.54) is 13.0 Å². The van der Waals surface area contributed by atoms with Crippen molar-refractivity contribution in [3.63, 3.8) is 0 Å². The molecule has 2 heterocycles. The lowest BCUT2D eigenvalue weighted by molar-refractivity contribution is 0.372. The molecule has 1 fully saturated rings. The second-order valence-corrected chi connectivity index (χ2v) is 4.47. The molecule has 2 aliphatic rings. The van der Waals surface area contributed by atoms with Gasteiger partial charge < -0.3 is 10.2 Å². The summed E-state index contributed by atoms with van der Waals surface area (Å²) >= 11 is 0. The topological polar surface area (TPSA) is 27.6 Å². The molecule has 3 heteroatoms. The van der Waals surface area contributed by atoms with Crippen LogP contribution < -0.4 is 5.32 Å². The van der Waals surface area contributed by atoms with Crippen molar-refractivity contribution in [1.29, 1.82) is 0 Å². The minimum absolute atomic E-state index is 0.479. The van der Waals surface area contributed by atoms with Gasteiger partial charge in [-0.2, -0.15) is 0 Å². The van der Waals surface area contributed by atoms with Gasteiger partial charge in [0.2, 0.25) is 0 Å². The highest BCUT2D eigenvalue weighted by molar-refractivity contribution is 5.81. The number of hydrogen-bond donors (Lipinski definition) is 1. The molecule has 3 nitrogen and oxygen atoms in total. The first-order valence-corrected chi connectivity index (χ1v) is 4.71. The third-order valence-corrected chi connectivity index (χ3v) is 2.63. The second kappa shape index (κ2) is 2.64. The summed E-state index contributed by atoms with van der Waals surface area (Å²) in [5, 5.41) is 3.31. The molecule has 0 unspecified atom stereocenters. The Labute approximate surface area is 73.9 Å². The van der Waals surface area contributed by atoms with Gasteiger partial charge in [0, 0.05) is 19.6 Å². The maximum atomic E-state index is 4.41. The summed E-state index contributed by atoms with van der Waals surface area (Å²) in [6.07, 6.45) is 1.29. The average Bonchev–Trinajstić information content (AvgIpc) is 2.55. The smallest absolute Gasteiger partial charge is 0.194 e. The number of nitrogens with zero attached hydrogens (tertiary/aromatic N) is 2. The number of likely N-dealkylation sites (tertiary alicyclic amines) is 1. The molecule has 12 heavy (non-hydrogen) atoms. The zero-order valence-corrected chi connectivity index (χ0v) is 7.93. The van der Waals surface area contributed by atoms with E-state index in [9.17, 15) is 0 Å². The summed E-state index contributed by atoms with van der Waals surface area (Å²) in [6.45, 7) is 8.93. The Balaban J connectivity index is 1.99. The van der Waals surface area contributed by atoms with Crippen molar-refractivity contribution in [2.45, 2.75) is 20.3 Å². The Morgan fingerprint density at radius 2 is 2.33 bits per heavy atom. The zero-order chi connectivity index (χ0) is 8.60. The lowest BCUT2D eigenvalue weighted by Crippen LogP contribution is -2.37. The fraction of sp³-hybridized carbons (Fsp3) is 0.889. The molecule has 0 bridgehead atoms. The van der Waals surface area contributed by atoms with Gasteiger partial charge in [0.15, 0.2) is 5.96 Å². The Bertz CT molecular complexity index is 208. The lowest BCUT2D eigenvalue weighted by atomic mass is 9.93. The van der Waals surface area contributed by atoms with Crippen molar-refractivity contribution in [2.24, 2.45) is 10.4 Å². The van der Waals surface area contributed by atoms with Crippen LogP contribution in [0.4, 0.5) is 0 Å². The summed E-state index contributed by atoms with van der Waals surface area (Å²) in [6, 6.07) is 0. The minimum Gasteiger partial charge on any atom is -0.354 e. The number of guanidine groups is 1. The fourth-order valence-corrected chi connectivity index (χ4v) is 1.89. The third-order valence-electron chi connectivity index (χ3n) is 2.63. The maximum Gasteiger partial charge on any atom is 0.194 e. The normalized spacial score (nSPS) is 27.2. The monoisotopic (exact) mass is 167 g/mol. The molecule has 0 aromatic heterocycles. The Morgan fingerprint density at radius 1 is 1.50 bits per heavy atom. The minimum atomic E-state index is 0.479. The highest BCUT2D eigenvalue weighted by Crippen LogP contribution is 2.28. The first-order chi connectivity index (χ1) is 5.67. The van der Waals surface area contributed by atoms with Crippen molar-refractivity contribution < 1.29 is 0 Å². The molecule has 0 spiro atoms. The Hall–Kier alpha value is -0.730. The SMILES string of the molecule is CC1(C)CCN(C2=NCCN2)C1. The molecule has 0 radical (unpaired) electrons. The predicted molar refractivity (Wildman–Crippen MR) is 50.3 cm³/mol. The third kappa shape index (κ3) is 1.40. The number of hydrogen-bond acceptors (Lipinski definition) is 3. The van der Waals surface area contributed by atoms with Crippen LogP contribution in [-0.4, -0.2) is 37.0 Å². The van der Waals surface area contributed by atoms with E-state index in [0.717, 1.165) is 25.6 Å². The van der Waals surface area contributed by atoms with E-state index in [1.807, 2.05) is 0 Å². The molecule has 2 rings (SSSR count). The summed E-state index contributed by atoms with van der Waals surface area (Å²) < 4.78 is 0. The summed E-state index contributed by atoms with van der Waals surface area (Å²) in [4.78, 5) is 6.78. The molecule has 2 aliphatic heterocycles. The molecule has 0 aromatic carbocycles. The van der Waals surface area contributed by atoms with Crippen LogP contribution in [-0.2, 0) is 0 Å². The van der Waals surface area contributed by atoms with Crippen LogP contribution in [0.25, 0.3) is 0 Å². The largest absolute Gasteiger partial charge is 0.354 e. The van der Waals surface area contributed by atoms with Crippen LogP contribution in [0.5, 0.6) is 0 Å².